The summed E-state index contributed by atoms with van der Waals surface area (Å²) in [6, 6.07) is 10.0. The van der Waals surface area contributed by atoms with Crippen LogP contribution in [0.5, 0.6) is 11.5 Å². The maximum Gasteiger partial charge on any atom is 0.312 e. The van der Waals surface area contributed by atoms with Crippen molar-refractivity contribution in [2.24, 2.45) is 0 Å². The molecule has 0 aromatic heterocycles. The van der Waals surface area contributed by atoms with Gasteiger partial charge in [-0.25, -0.2) is 4.39 Å². The van der Waals surface area contributed by atoms with Crippen LogP contribution in [0.1, 0.15) is 0 Å². The topological polar surface area (TPSA) is 52.4 Å². The Hall–Kier alpha value is -1.95. The van der Waals surface area contributed by atoms with E-state index >= 15 is 0 Å². The molecular weight excluding hydrogens is 305 g/mol. The van der Waals surface area contributed by atoms with Crippen LogP contribution in [0.3, 0.4) is 0 Å². The molecule has 0 aliphatic heterocycles. The van der Waals surface area contributed by atoms with Gasteiger partial charge < -0.3 is 4.74 Å². The number of hydrogen-bond donors (Lipinski definition) is 0. The molecule has 0 fully saturated rings. The van der Waals surface area contributed by atoms with E-state index in [-0.39, 0.29) is 17.2 Å². The Kier molecular flexibility index (Phi) is 3.57. The fraction of sp³-hybridized carbons (Fsp3) is 0. The SMILES string of the molecule is O=[N+]([O-])c1cc(Br)ccc1Oc1ccccc1F. The van der Waals surface area contributed by atoms with E-state index in [1.807, 2.05) is 0 Å². The maximum absolute atomic E-state index is 13.4. The molecule has 2 aromatic carbocycles. The molecule has 0 aliphatic carbocycles. The van der Waals surface area contributed by atoms with Gasteiger partial charge in [0.1, 0.15) is 0 Å². The van der Waals surface area contributed by atoms with Crippen molar-refractivity contribution in [2.45, 2.75) is 0 Å². The first-order valence-corrected chi connectivity index (χ1v) is 5.73. The largest absolute Gasteiger partial charge is 0.447 e. The molecule has 0 atom stereocenters. The minimum Gasteiger partial charge on any atom is -0.447 e. The molecular formula is C12H7BrFNO3. The summed E-state index contributed by atoms with van der Waals surface area (Å²) in [4.78, 5) is 10.3. The first-order chi connectivity index (χ1) is 8.58. The Balaban J connectivity index is 2.41. The van der Waals surface area contributed by atoms with Gasteiger partial charge in [-0.2, -0.15) is 0 Å². The van der Waals surface area contributed by atoms with Crippen LogP contribution in [0.25, 0.3) is 0 Å². The van der Waals surface area contributed by atoms with E-state index in [9.17, 15) is 14.5 Å². The van der Waals surface area contributed by atoms with Crippen molar-refractivity contribution in [3.8, 4) is 11.5 Å². The van der Waals surface area contributed by atoms with Crippen molar-refractivity contribution in [3.05, 3.63) is 62.9 Å². The molecule has 92 valence electrons. The predicted octanol–water partition coefficient (Wildman–Crippen LogP) is 4.29. The first-order valence-electron chi connectivity index (χ1n) is 4.94. The molecule has 18 heavy (non-hydrogen) atoms. The molecule has 4 nitrogen and oxygen atoms in total. The number of nitro groups is 1. The zero-order valence-electron chi connectivity index (χ0n) is 8.97. The highest BCUT2D eigenvalue weighted by Gasteiger charge is 2.17. The van der Waals surface area contributed by atoms with Crippen LogP contribution in [-0.4, -0.2) is 4.92 Å². The number of halogens is 2. The maximum atomic E-state index is 13.4. The number of rotatable bonds is 3. The van der Waals surface area contributed by atoms with Crippen LogP contribution in [-0.2, 0) is 0 Å². The van der Waals surface area contributed by atoms with E-state index in [0.29, 0.717) is 4.47 Å². The highest BCUT2D eigenvalue weighted by atomic mass is 79.9. The lowest BCUT2D eigenvalue weighted by molar-refractivity contribution is -0.385. The molecule has 0 amide bonds. The molecule has 0 radical (unpaired) electrons. The summed E-state index contributed by atoms with van der Waals surface area (Å²) in [7, 11) is 0. The summed E-state index contributed by atoms with van der Waals surface area (Å²) < 4.78 is 19.2. The van der Waals surface area contributed by atoms with Crippen LogP contribution in [0.15, 0.2) is 46.9 Å². The number of hydrogen-bond acceptors (Lipinski definition) is 3. The third-order valence-corrected chi connectivity index (χ3v) is 2.67. The third kappa shape index (κ3) is 2.65. The molecule has 6 heteroatoms. The highest BCUT2D eigenvalue weighted by Crippen LogP contribution is 2.34. The quantitative estimate of drug-likeness (QED) is 0.627. The Morgan fingerprint density at radius 3 is 2.56 bits per heavy atom. The van der Waals surface area contributed by atoms with Gasteiger partial charge in [0.15, 0.2) is 11.6 Å². The van der Waals surface area contributed by atoms with E-state index in [1.54, 1.807) is 12.1 Å². The summed E-state index contributed by atoms with van der Waals surface area (Å²) in [5, 5.41) is 10.9. The van der Waals surface area contributed by atoms with E-state index in [2.05, 4.69) is 15.9 Å². The van der Waals surface area contributed by atoms with E-state index < -0.39 is 10.7 Å². The van der Waals surface area contributed by atoms with Gasteiger partial charge in [0.05, 0.1) is 4.92 Å². The zero-order chi connectivity index (χ0) is 13.1. The summed E-state index contributed by atoms with van der Waals surface area (Å²) in [5.74, 6) is -0.633. The lowest BCUT2D eigenvalue weighted by Gasteiger charge is -2.07. The number of para-hydroxylation sites is 1. The van der Waals surface area contributed by atoms with Crippen molar-refractivity contribution in [2.75, 3.05) is 0 Å². The van der Waals surface area contributed by atoms with Crippen LogP contribution in [0, 0.1) is 15.9 Å². The molecule has 0 saturated carbocycles. The molecule has 0 N–H and O–H groups in total. The average Bonchev–Trinajstić information content (AvgIpc) is 2.34. The van der Waals surface area contributed by atoms with Crippen molar-refractivity contribution in [3.63, 3.8) is 0 Å². The smallest absolute Gasteiger partial charge is 0.312 e. The highest BCUT2D eigenvalue weighted by molar-refractivity contribution is 9.10. The van der Waals surface area contributed by atoms with Crippen molar-refractivity contribution in [1.82, 2.24) is 0 Å². The Bertz CT molecular complexity index is 604. The lowest BCUT2D eigenvalue weighted by Crippen LogP contribution is -1.94. The van der Waals surface area contributed by atoms with Gasteiger partial charge >= 0.3 is 5.69 Å². The van der Waals surface area contributed by atoms with Gasteiger partial charge in [-0.05, 0) is 24.3 Å². The molecule has 0 saturated heterocycles. The van der Waals surface area contributed by atoms with Crippen LogP contribution < -0.4 is 4.74 Å². The minimum absolute atomic E-state index is 0.00620. The number of benzene rings is 2. The van der Waals surface area contributed by atoms with Crippen LogP contribution in [0.2, 0.25) is 0 Å². The molecule has 0 aliphatic rings. The van der Waals surface area contributed by atoms with Crippen molar-refractivity contribution in [1.29, 1.82) is 0 Å². The molecule has 0 bridgehead atoms. The number of nitro benzene ring substituents is 1. The third-order valence-electron chi connectivity index (χ3n) is 2.17. The van der Waals surface area contributed by atoms with E-state index in [0.717, 1.165) is 0 Å². The monoisotopic (exact) mass is 311 g/mol. The van der Waals surface area contributed by atoms with Gasteiger partial charge in [0, 0.05) is 10.5 Å². The molecule has 0 unspecified atom stereocenters. The van der Waals surface area contributed by atoms with E-state index in [4.69, 9.17) is 4.74 Å². The van der Waals surface area contributed by atoms with Crippen molar-refractivity contribution >= 4 is 21.6 Å². The van der Waals surface area contributed by atoms with Gasteiger partial charge in [0.25, 0.3) is 0 Å². The Morgan fingerprint density at radius 2 is 1.89 bits per heavy atom. The summed E-state index contributed by atoms with van der Waals surface area (Å²) in [5.41, 5.74) is -0.229. The second kappa shape index (κ2) is 5.14. The summed E-state index contributed by atoms with van der Waals surface area (Å²) >= 11 is 3.13. The van der Waals surface area contributed by atoms with Gasteiger partial charge in [-0.15, -0.1) is 0 Å². The standard InChI is InChI=1S/C12H7BrFNO3/c13-8-5-6-12(10(7-8)15(16)17)18-11-4-2-1-3-9(11)14/h1-7H. The number of ether oxygens (including phenoxy) is 1. The van der Waals surface area contributed by atoms with E-state index in [1.165, 1.54) is 30.3 Å². The minimum atomic E-state index is -0.582. The normalized spacial score (nSPS) is 10.1. The van der Waals surface area contributed by atoms with Crippen LogP contribution in [0.4, 0.5) is 10.1 Å². The van der Waals surface area contributed by atoms with Gasteiger partial charge in [-0.3, -0.25) is 10.1 Å². The zero-order valence-corrected chi connectivity index (χ0v) is 10.6. The first kappa shape index (κ1) is 12.5. The van der Waals surface area contributed by atoms with Gasteiger partial charge in [-0.1, -0.05) is 28.1 Å². The summed E-state index contributed by atoms with van der Waals surface area (Å²) in [6.07, 6.45) is 0. The average molecular weight is 312 g/mol. The Morgan fingerprint density at radius 1 is 1.17 bits per heavy atom. The lowest BCUT2D eigenvalue weighted by atomic mass is 10.3. The van der Waals surface area contributed by atoms with Crippen LogP contribution >= 0.6 is 15.9 Å². The summed E-state index contributed by atoms with van der Waals surface area (Å²) in [6.45, 7) is 0. The molecule has 0 spiro atoms. The number of nitrogens with zero attached hydrogens (tertiary/aromatic N) is 1. The molecule has 2 rings (SSSR count). The second-order valence-corrected chi connectivity index (χ2v) is 4.32. The van der Waals surface area contributed by atoms with Gasteiger partial charge in [0.2, 0.25) is 5.75 Å². The molecule has 2 aromatic rings. The van der Waals surface area contributed by atoms with Crippen molar-refractivity contribution < 1.29 is 14.1 Å². The fourth-order valence-electron chi connectivity index (χ4n) is 1.37. The predicted molar refractivity (Wildman–Crippen MR) is 67.3 cm³/mol. The molecule has 0 heterocycles. The second-order valence-electron chi connectivity index (χ2n) is 3.40. The Labute approximate surface area is 110 Å². The fourth-order valence-corrected chi connectivity index (χ4v) is 1.71.